The number of esters is 2. The second kappa shape index (κ2) is 9.67. The first kappa shape index (κ1) is 23.1. The molecule has 1 aliphatic rings. The fraction of sp³-hybridized carbons (Fsp3) is 0.391. The molecule has 0 saturated heterocycles. The van der Waals surface area contributed by atoms with Crippen LogP contribution in [0.2, 0.25) is 0 Å². The van der Waals surface area contributed by atoms with Crippen LogP contribution in [0.3, 0.4) is 0 Å². The quantitative estimate of drug-likeness (QED) is 0.593. The minimum atomic E-state index is -0.972. The summed E-state index contributed by atoms with van der Waals surface area (Å²) < 4.78 is 39.2. The molecule has 3 rings (SSSR count). The third-order valence-electron chi connectivity index (χ3n) is 5.01. The Hall–Kier alpha value is -3.62. The molecule has 1 heterocycles. The second-order valence-corrected chi connectivity index (χ2v) is 6.98. The highest BCUT2D eigenvalue weighted by Gasteiger charge is 2.45. The molecule has 0 radical (unpaired) electrons. The van der Waals surface area contributed by atoms with E-state index in [-0.39, 0.29) is 0 Å². The molecule has 9 heteroatoms. The molecule has 2 aromatic rings. The van der Waals surface area contributed by atoms with E-state index in [4.69, 9.17) is 33.2 Å². The summed E-state index contributed by atoms with van der Waals surface area (Å²) in [6.07, 6.45) is -2.77. The van der Waals surface area contributed by atoms with Gasteiger partial charge in [0.25, 0.3) is 0 Å². The van der Waals surface area contributed by atoms with Gasteiger partial charge in [0.05, 0.1) is 28.4 Å². The summed E-state index contributed by atoms with van der Waals surface area (Å²) in [5.41, 5.74) is 1.10. The molecule has 0 aromatic heterocycles. The topological polar surface area (TPSA) is 98.8 Å². The number of hydrogen-bond donors (Lipinski definition) is 0. The van der Waals surface area contributed by atoms with Crippen LogP contribution in [0.25, 0.3) is 0 Å². The van der Waals surface area contributed by atoms with Crippen LogP contribution < -0.4 is 23.7 Å². The van der Waals surface area contributed by atoms with Crippen molar-refractivity contribution in [1.29, 1.82) is 0 Å². The average Bonchev–Trinajstić information content (AvgIpc) is 2.78. The molecule has 3 unspecified atom stereocenters. The Labute approximate surface area is 186 Å². The normalized spacial score (nSPS) is 19.1. The van der Waals surface area contributed by atoms with Crippen molar-refractivity contribution < 1.29 is 42.7 Å². The Kier molecular flexibility index (Phi) is 6.97. The Morgan fingerprint density at radius 2 is 1.41 bits per heavy atom. The Bertz CT molecular complexity index is 1000. The molecule has 0 fully saturated rings. The van der Waals surface area contributed by atoms with Crippen LogP contribution in [0.5, 0.6) is 28.7 Å². The van der Waals surface area contributed by atoms with E-state index < -0.39 is 30.3 Å². The predicted molar refractivity (Wildman–Crippen MR) is 113 cm³/mol. The first-order valence-corrected chi connectivity index (χ1v) is 9.82. The summed E-state index contributed by atoms with van der Waals surface area (Å²) in [5, 5.41) is 0. The van der Waals surface area contributed by atoms with Gasteiger partial charge in [-0.3, -0.25) is 9.59 Å². The van der Waals surface area contributed by atoms with Crippen LogP contribution in [-0.4, -0.2) is 46.5 Å². The van der Waals surface area contributed by atoms with Gasteiger partial charge in [0.2, 0.25) is 5.75 Å². The molecule has 0 spiro atoms. The number of carbonyl (C=O) groups is 2. The van der Waals surface area contributed by atoms with Gasteiger partial charge in [0.1, 0.15) is 0 Å². The van der Waals surface area contributed by atoms with Gasteiger partial charge < -0.3 is 33.2 Å². The summed E-state index contributed by atoms with van der Waals surface area (Å²) in [7, 11) is 6.02. The van der Waals surface area contributed by atoms with Crippen molar-refractivity contribution in [2.45, 2.75) is 32.2 Å². The van der Waals surface area contributed by atoms with E-state index in [0.29, 0.717) is 39.9 Å². The third-order valence-corrected chi connectivity index (χ3v) is 5.01. The third kappa shape index (κ3) is 4.37. The maximum Gasteiger partial charge on any atom is 0.303 e. The van der Waals surface area contributed by atoms with Gasteiger partial charge >= 0.3 is 11.9 Å². The number of benzene rings is 2. The Morgan fingerprint density at radius 1 is 0.781 bits per heavy atom. The number of fused-ring (bicyclic) bond motifs is 1. The van der Waals surface area contributed by atoms with E-state index in [9.17, 15) is 9.59 Å². The second-order valence-electron chi connectivity index (χ2n) is 6.98. The smallest absolute Gasteiger partial charge is 0.303 e. The molecule has 0 bridgehead atoms. The van der Waals surface area contributed by atoms with Gasteiger partial charge in [-0.05, 0) is 24.3 Å². The summed E-state index contributed by atoms with van der Waals surface area (Å²) in [5.74, 6) is 0.973. The van der Waals surface area contributed by atoms with Gasteiger partial charge in [0, 0.05) is 25.0 Å². The van der Waals surface area contributed by atoms with Crippen molar-refractivity contribution in [1.82, 2.24) is 0 Å². The molecule has 1 aliphatic heterocycles. The van der Waals surface area contributed by atoms with Crippen LogP contribution in [0.4, 0.5) is 0 Å². The van der Waals surface area contributed by atoms with Crippen molar-refractivity contribution >= 4 is 11.9 Å². The first-order chi connectivity index (χ1) is 15.3. The van der Waals surface area contributed by atoms with Gasteiger partial charge in [-0.1, -0.05) is 6.07 Å². The maximum atomic E-state index is 12.0. The van der Waals surface area contributed by atoms with Gasteiger partial charge in [-0.25, -0.2) is 0 Å². The molecule has 0 aliphatic carbocycles. The van der Waals surface area contributed by atoms with Crippen LogP contribution in [0.1, 0.15) is 37.2 Å². The number of methoxy groups -OCH3 is 4. The van der Waals surface area contributed by atoms with Crippen LogP contribution in [-0.2, 0) is 19.1 Å². The van der Waals surface area contributed by atoms with Crippen LogP contribution in [0.15, 0.2) is 30.3 Å². The lowest BCUT2D eigenvalue weighted by molar-refractivity contribution is -0.178. The lowest BCUT2D eigenvalue weighted by Gasteiger charge is -2.39. The zero-order valence-electron chi connectivity index (χ0n) is 18.8. The maximum absolute atomic E-state index is 12.0. The lowest BCUT2D eigenvalue weighted by Crippen LogP contribution is -2.39. The number of rotatable bonds is 7. The van der Waals surface area contributed by atoms with Crippen molar-refractivity contribution in [3.63, 3.8) is 0 Å². The van der Waals surface area contributed by atoms with E-state index in [1.165, 1.54) is 42.3 Å². The summed E-state index contributed by atoms with van der Waals surface area (Å²) in [4.78, 5) is 23.9. The van der Waals surface area contributed by atoms with E-state index in [1.807, 2.05) is 0 Å². The first-order valence-electron chi connectivity index (χ1n) is 9.82. The molecule has 32 heavy (non-hydrogen) atoms. The zero-order valence-corrected chi connectivity index (χ0v) is 18.8. The van der Waals surface area contributed by atoms with E-state index in [2.05, 4.69) is 0 Å². The van der Waals surface area contributed by atoms with Crippen molar-refractivity contribution in [3.8, 4) is 28.7 Å². The molecular weight excluding hydrogens is 420 g/mol. The van der Waals surface area contributed by atoms with E-state index >= 15 is 0 Å². The molecule has 172 valence electrons. The van der Waals surface area contributed by atoms with Crippen molar-refractivity contribution in [2.75, 3.05) is 28.4 Å². The van der Waals surface area contributed by atoms with Gasteiger partial charge in [-0.15, -0.1) is 0 Å². The van der Waals surface area contributed by atoms with Crippen LogP contribution >= 0.6 is 0 Å². The monoisotopic (exact) mass is 446 g/mol. The minimum absolute atomic E-state index is 0.321. The van der Waals surface area contributed by atoms with E-state index in [0.717, 1.165) is 0 Å². The highest BCUT2D eigenvalue weighted by Crippen LogP contribution is 2.52. The number of ether oxygens (including phenoxy) is 7. The SMILES string of the molecule is COc1ccc(C2Oc3c(ccc(OC)c3OC)C(OC(C)=O)C2OC(C)=O)cc1OC. The highest BCUT2D eigenvalue weighted by atomic mass is 16.6. The molecule has 0 amide bonds. The fourth-order valence-corrected chi connectivity index (χ4v) is 3.70. The summed E-state index contributed by atoms with van der Waals surface area (Å²) in [6.45, 7) is 2.56. The summed E-state index contributed by atoms with van der Waals surface area (Å²) in [6, 6.07) is 8.53. The Morgan fingerprint density at radius 3 is 1.97 bits per heavy atom. The van der Waals surface area contributed by atoms with Crippen molar-refractivity contribution in [3.05, 3.63) is 41.5 Å². The Balaban J connectivity index is 2.22. The largest absolute Gasteiger partial charge is 0.493 e. The predicted octanol–water partition coefficient (Wildman–Crippen LogP) is 3.39. The molecule has 3 atom stereocenters. The fourth-order valence-electron chi connectivity index (χ4n) is 3.70. The van der Waals surface area contributed by atoms with Crippen LogP contribution in [0, 0.1) is 0 Å². The van der Waals surface area contributed by atoms with Gasteiger partial charge in [0.15, 0.2) is 41.3 Å². The number of carbonyl (C=O) groups excluding carboxylic acids is 2. The molecular formula is C23H26O9. The van der Waals surface area contributed by atoms with Gasteiger partial charge in [-0.2, -0.15) is 0 Å². The van der Waals surface area contributed by atoms with E-state index in [1.54, 1.807) is 30.3 Å². The number of hydrogen-bond acceptors (Lipinski definition) is 9. The highest BCUT2D eigenvalue weighted by molar-refractivity contribution is 5.69. The standard InChI is InChI=1S/C23H26O9/c1-12(24)30-21-15-8-10-17(27-4)22(29-6)20(15)32-19(23(21)31-13(2)25)14-7-9-16(26-3)18(11-14)28-5/h7-11,19,21,23H,1-6H3. The minimum Gasteiger partial charge on any atom is -0.493 e. The summed E-state index contributed by atoms with van der Waals surface area (Å²) >= 11 is 0. The molecule has 0 N–H and O–H groups in total. The molecule has 2 aromatic carbocycles. The zero-order chi connectivity index (χ0) is 23.4. The average molecular weight is 446 g/mol. The van der Waals surface area contributed by atoms with Crippen molar-refractivity contribution in [2.24, 2.45) is 0 Å². The molecule has 0 saturated carbocycles. The molecule has 9 nitrogen and oxygen atoms in total. The lowest BCUT2D eigenvalue weighted by atomic mass is 9.91.